The zero-order valence-corrected chi connectivity index (χ0v) is 17.4. The van der Waals surface area contributed by atoms with Crippen molar-refractivity contribution < 1.29 is 23.1 Å². The molecule has 2 aromatic rings. The van der Waals surface area contributed by atoms with Crippen LogP contribution in [0.25, 0.3) is 0 Å². The van der Waals surface area contributed by atoms with Crippen LogP contribution in [0.2, 0.25) is 0 Å². The molecular formula is C22H25NO5S. The highest BCUT2D eigenvalue weighted by Gasteiger charge is 2.36. The minimum Gasteiger partial charge on any atom is -0.385 e. The third kappa shape index (κ3) is 3.58. The van der Waals surface area contributed by atoms with Crippen LogP contribution in [-0.4, -0.2) is 39.2 Å². The van der Waals surface area contributed by atoms with E-state index in [-0.39, 0.29) is 21.8 Å². The molecule has 2 aliphatic rings. The second-order valence-corrected chi connectivity index (χ2v) is 9.89. The van der Waals surface area contributed by atoms with Gasteiger partial charge in [0.2, 0.25) is 15.7 Å². The van der Waals surface area contributed by atoms with Crippen LogP contribution in [0.4, 0.5) is 5.69 Å². The standard InChI is InChI=1S/C22H25NO5S/c1-15-14-22(25,10-11-28-15)17-4-3-5-18(13-17)29(26,27)19-7-8-20-16(12-19)6-9-21(24)23(20)2/h3-5,7-8,12-13,15,25H,6,9-11,14H2,1-2H3. The molecule has 7 heteroatoms. The van der Waals surface area contributed by atoms with Crippen molar-refractivity contribution in [3.63, 3.8) is 0 Å². The van der Waals surface area contributed by atoms with Gasteiger partial charge in [0.1, 0.15) is 0 Å². The van der Waals surface area contributed by atoms with Crippen molar-refractivity contribution in [3.8, 4) is 0 Å². The van der Waals surface area contributed by atoms with E-state index in [4.69, 9.17) is 4.74 Å². The number of benzene rings is 2. The maximum atomic E-state index is 13.3. The first-order valence-electron chi connectivity index (χ1n) is 9.80. The van der Waals surface area contributed by atoms with Crippen molar-refractivity contribution in [3.05, 3.63) is 53.6 Å². The molecule has 0 spiro atoms. The van der Waals surface area contributed by atoms with Gasteiger partial charge in [-0.3, -0.25) is 4.79 Å². The lowest BCUT2D eigenvalue weighted by atomic mass is 9.84. The predicted octanol–water partition coefficient (Wildman–Crippen LogP) is 2.81. The number of carbonyl (C=O) groups excluding carboxylic acids is 1. The number of aryl methyl sites for hydroxylation is 1. The zero-order valence-electron chi connectivity index (χ0n) is 16.6. The Morgan fingerprint density at radius 2 is 1.90 bits per heavy atom. The minimum atomic E-state index is -3.75. The third-order valence-electron chi connectivity index (χ3n) is 5.93. The molecule has 154 valence electrons. The number of sulfone groups is 1. The van der Waals surface area contributed by atoms with Gasteiger partial charge in [-0.15, -0.1) is 0 Å². The summed E-state index contributed by atoms with van der Waals surface area (Å²) in [5.74, 6) is 0.0275. The van der Waals surface area contributed by atoms with Crippen molar-refractivity contribution in [2.75, 3.05) is 18.6 Å². The molecule has 2 aliphatic heterocycles. The van der Waals surface area contributed by atoms with E-state index >= 15 is 0 Å². The highest BCUT2D eigenvalue weighted by atomic mass is 32.2. The summed E-state index contributed by atoms with van der Waals surface area (Å²) in [5.41, 5.74) is 1.10. The first-order chi connectivity index (χ1) is 13.7. The summed E-state index contributed by atoms with van der Waals surface area (Å²) in [5, 5.41) is 11.1. The summed E-state index contributed by atoms with van der Waals surface area (Å²) in [6.45, 7) is 2.34. The Kier molecular flexibility index (Phi) is 5.01. The van der Waals surface area contributed by atoms with Gasteiger partial charge in [0.25, 0.3) is 0 Å². The van der Waals surface area contributed by atoms with Gasteiger partial charge in [-0.2, -0.15) is 0 Å². The van der Waals surface area contributed by atoms with Crippen molar-refractivity contribution >= 4 is 21.4 Å². The number of fused-ring (bicyclic) bond motifs is 1. The summed E-state index contributed by atoms with van der Waals surface area (Å²) < 4.78 is 32.1. The van der Waals surface area contributed by atoms with Crippen LogP contribution in [-0.2, 0) is 31.4 Å². The molecule has 0 saturated carbocycles. The lowest BCUT2D eigenvalue weighted by Gasteiger charge is -2.36. The maximum absolute atomic E-state index is 13.3. The topological polar surface area (TPSA) is 83.9 Å². The van der Waals surface area contributed by atoms with Crippen LogP contribution in [0, 0.1) is 0 Å². The molecule has 2 unspecified atom stereocenters. The lowest BCUT2D eigenvalue weighted by molar-refractivity contribution is -0.118. The van der Waals surface area contributed by atoms with Crippen molar-refractivity contribution in [2.45, 2.75) is 54.1 Å². The van der Waals surface area contributed by atoms with E-state index in [1.165, 1.54) is 0 Å². The number of carbonyl (C=O) groups is 1. The predicted molar refractivity (Wildman–Crippen MR) is 109 cm³/mol. The van der Waals surface area contributed by atoms with Crippen LogP contribution in [0.3, 0.4) is 0 Å². The first-order valence-corrected chi connectivity index (χ1v) is 11.3. The van der Waals surface area contributed by atoms with Crippen LogP contribution in [0.15, 0.2) is 52.3 Å². The molecule has 2 heterocycles. The Morgan fingerprint density at radius 3 is 2.66 bits per heavy atom. The smallest absolute Gasteiger partial charge is 0.227 e. The molecule has 1 N–H and O–H groups in total. The van der Waals surface area contributed by atoms with Crippen molar-refractivity contribution in [1.82, 2.24) is 0 Å². The second-order valence-electron chi connectivity index (χ2n) is 7.94. The van der Waals surface area contributed by atoms with Crippen LogP contribution in [0.5, 0.6) is 0 Å². The number of amides is 1. The number of ether oxygens (including phenoxy) is 1. The Labute approximate surface area is 171 Å². The molecular weight excluding hydrogens is 390 g/mol. The fourth-order valence-corrected chi connectivity index (χ4v) is 5.57. The normalized spacial score (nSPS) is 25.0. The molecule has 6 nitrogen and oxygen atoms in total. The molecule has 0 bridgehead atoms. The first kappa shape index (κ1) is 20.1. The Morgan fingerprint density at radius 1 is 1.14 bits per heavy atom. The summed E-state index contributed by atoms with van der Waals surface area (Å²) in [6, 6.07) is 11.5. The summed E-state index contributed by atoms with van der Waals surface area (Å²) in [4.78, 5) is 13.8. The average molecular weight is 416 g/mol. The molecule has 0 radical (unpaired) electrons. The van der Waals surface area contributed by atoms with Gasteiger partial charge in [0, 0.05) is 32.0 Å². The lowest BCUT2D eigenvalue weighted by Crippen LogP contribution is -2.37. The summed E-state index contributed by atoms with van der Waals surface area (Å²) in [7, 11) is -2.05. The third-order valence-corrected chi connectivity index (χ3v) is 7.68. The highest BCUT2D eigenvalue weighted by Crippen LogP contribution is 2.37. The van der Waals surface area contributed by atoms with Gasteiger partial charge in [-0.25, -0.2) is 8.42 Å². The molecule has 0 aliphatic carbocycles. The van der Waals surface area contributed by atoms with E-state index in [9.17, 15) is 18.3 Å². The highest BCUT2D eigenvalue weighted by molar-refractivity contribution is 7.91. The molecule has 2 aromatic carbocycles. The maximum Gasteiger partial charge on any atom is 0.227 e. The number of aliphatic hydroxyl groups is 1. The SMILES string of the molecule is CC1CC(O)(c2cccc(S(=O)(=O)c3ccc4c(c3)CCC(=O)N4C)c2)CCO1. The fraction of sp³-hybridized carbons (Fsp3) is 0.409. The number of anilines is 1. The van der Waals surface area contributed by atoms with Gasteiger partial charge >= 0.3 is 0 Å². The molecule has 1 fully saturated rings. The summed E-state index contributed by atoms with van der Waals surface area (Å²) in [6.07, 6.45) is 1.67. The number of hydrogen-bond acceptors (Lipinski definition) is 5. The quantitative estimate of drug-likeness (QED) is 0.833. The van der Waals surface area contributed by atoms with E-state index < -0.39 is 15.4 Å². The van der Waals surface area contributed by atoms with E-state index in [0.29, 0.717) is 37.9 Å². The Hall–Kier alpha value is -2.22. The molecule has 29 heavy (non-hydrogen) atoms. The number of nitrogens with zero attached hydrogens (tertiary/aromatic N) is 1. The molecule has 4 rings (SSSR count). The van der Waals surface area contributed by atoms with E-state index in [1.807, 2.05) is 6.92 Å². The molecule has 1 amide bonds. The molecule has 1 saturated heterocycles. The molecule has 2 atom stereocenters. The largest absolute Gasteiger partial charge is 0.385 e. The zero-order chi connectivity index (χ0) is 20.8. The molecule has 0 aromatic heterocycles. The van der Waals surface area contributed by atoms with Crippen molar-refractivity contribution in [2.24, 2.45) is 0 Å². The van der Waals surface area contributed by atoms with E-state index in [0.717, 1.165) is 11.3 Å². The Bertz CT molecular complexity index is 1060. The van der Waals surface area contributed by atoms with Crippen LogP contribution >= 0.6 is 0 Å². The van der Waals surface area contributed by atoms with Gasteiger partial charge in [0.05, 0.1) is 28.1 Å². The van der Waals surface area contributed by atoms with Gasteiger partial charge in [0.15, 0.2) is 0 Å². The van der Waals surface area contributed by atoms with Crippen LogP contribution < -0.4 is 4.90 Å². The van der Waals surface area contributed by atoms with E-state index in [1.54, 1.807) is 54.4 Å². The van der Waals surface area contributed by atoms with E-state index in [2.05, 4.69) is 0 Å². The van der Waals surface area contributed by atoms with Gasteiger partial charge in [-0.05, 0) is 54.8 Å². The minimum absolute atomic E-state index is 0.0275. The fourth-order valence-electron chi connectivity index (χ4n) is 4.22. The monoisotopic (exact) mass is 415 g/mol. The second kappa shape index (κ2) is 7.23. The Balaban J connectivity index is 1.71. The number of rotatable bonds is 3. The average Bonchev–Trinajstić information content (AvgIpc) is 2.70. The van der Waals surface area contributed by atoms with Gasteiger partial charge < -0.3 is 14.7 Å². The van der Waals surface area contributed by atoms with Gasteiger partial charge in [-0.1, -0.05) is 12.1 Å². The van der Waals surface area contributed by atoms with Crippen molar-refractivity contribution in [1.29, 1.82) is 0 Å². The summed E-state index contributed by atoms with van der Waals surface area (Å²) >= 11 is 0. The number of hydrogen-bond donors (Lipinski definition) is 1. The van der Waals surface area contributed by atoms with Crippen LogP contribution in [0.1, 0.15) is 37.3 Å².